The van der Waals surface area contributed by atoms with Crippen LogP contribution in [0.3, 0.4) is 0 Å². The van der Waals surface area contributed by atoms with E-state index in [1.54, 1.807) is 24.3 Å². The number of nitrogens with zero attached hydrogens (tertiary/aromatic N) is 2. The predicted octanol–water partition coefficient (Wildman–Crippen LogP) is 0.949. The number of hydrogen-bond donors (Lipinski definition) is 2. The van der Waals surface area contributed by atoms with Crippen molar-refractivity contribution in [2.45, 2.75) is 12.1 Å². The third kappa shape index (κ3) is 2.83. The summed E-state index contributed by atoms with van der Waals surface area (Å²) in [7, 11) is 0. The van der Waals surface area contributed by atoms with Gasteiger partial charge in [0.2, 0.25) is 0 Å². The summed E-state index contributed by atoms with van der Waals surface area (Å²) in [6.07, 6.45) is 1.48. The SMILES string of the molecule is O=C1CC(O)([N+](=O)[O-])C=CC1=NNc1ccccc1. The van der Waals surface area contributed by atoms with E-state index in [0.717, 1.165) is 12.2 Å². The van der Waals surface area contributed by atoms with Gasteiger partial charge in [0.05, 0.1) is 10.6 Å². The molecule has 0 radical (unpaired) electrons. The topological polar surface area (TPSA) is 105 Å². The van der Waals surface area contributed by atoms with Crippen molar-refractivity contribution in [3.05, 3.63) is 52.6 Å². The molecule has 1 aliphatic rings. The molecule has 0 aliphatic heterocycles. The molecule has 0 heterocycles. The first-order valence-electron chi connectivity index (χ1n) is 5.49. The summed E-state index contributed by atoms with van der Waals surface area (Å²) in [5, 5.41) is 24.0. The van der Waals surface area contributed by atoms with Gasteiger partial charge in [0, 0.05) is 6.08 Å². The van der Waals surface area contributed by atoms with Crippen molar-refractivity contribution in [2.24, 2.45) is 5.10 Å². The van der Waals surface area contributed by atoms with Crippen molar-refractivity contribution in [1.29, 1.82) is 0 Å². The maximum atomic E-state index is 11.6. The fraction of sp³-hybridized carbons (Fsp3) is 0.167. The summed E-state index contributed by atoms with van der Waals surface area (Å²) in [5.74, 6) is -0.592. The molecule has 1 aromatic carbocycles. The third-order valence-electron chi connectivity index (χ3n) is 2.61. The summed E-state index contributed by atoms with van der Waals surface area (Å²) in [6.45, 7) is 0. The summed E-state index contributed by atoms with van der Waals surface area (Å²) < 4.78 is 0. The minimum atomic E-state index is -2.33. The molecule has 0 aromatic heterocycles. The van der Waals surface area contributed by atoms with Crippen molar-refractivity contribution in [2.75, 3.05) is 5.43 Å². The molecule has 1 aliphatic carbocycles. The molecule has 7 heteroatoms. The molecule has 0 fully saturated rings. The number of benzene rings is 1. The lowest BCUT2D eigenvalue weighted by molar-refractivity contribution is -0.606. The van der Waals surface area contributed by atoms with Gasteiger partial charge in [-0.2, -0.15) is 5.10 Å². The Labute approximate surface area is 108 Å². The Kier molecular flexibility index (Phi) is 3.39. The molecule has 1 aromatic rings. The standard InChI is InChI=1S/C12H11N3O4/c16-11-8-12(17,15(18)19)7-6-10(11)14-13-9-4-2-1-3-5-9/h1-7,13,17H,8H2. The number of hydrazone groups is 1. The highest BCUT2D eigenvalue weighted by Crippen LogP contribution is 2.19. The molecule has 2 rings (SSSR count). The predicted molar refractivity (Wildman–Crippen MR) is 68.2 cm³/mol. The van der Waals surface area contributed by atoms with Gasteiger partial charge in [-0.25, -0.2) is 0 Å². The molecule has 7 nitrogen and oxygen atoms in total. The Morgan fingerprint density at radius 2 is 2.05 bits per heavy atom. The molecule has 0 spiro atoms. The highest BCUT2D eigenvalue weighted by molar-refractivity contribution is 6.45. The van der Waals surface area contributed by atoms with Crippen LogP contribution in [-0.4, -0.2) is 27.2 Å². The second-order valence-electron chi connectivity index (χ2n) is 4.04. The van der Waals surface area contributed by atoms with E-state index >= 15 is 0 Å². The number of ketones is 1. The van der Waals surface area contributed by atoms with Crippen LogP contribution < -0.4 is 5.43 Å². The van der Waals surface area contributed by atoms with Gasteiger partial charge in [-0.1, -0.05) is 18.2 Å². The average Bonchev–Trinajstić information content (AvgIpc) is 2.39. The number of rotatable bonds is 3. The van der Waals surface area contributed by atoms with Crippen LogP contribution >= 0.6 is 0 Å². The van der Waals surface area contributed by atoms with E-state index in [2.05, 4.69) is 10.5 Å². The van der Waals surface area contributed by atoms with E-state index in [9.17, 15) is 20.0 Å². The Morgan fingerprint density at radius 3 is 2.63 bits per heavy atom. The Bertz CT molecular complexity index is 568. The summed E-state index contributed by atoms with van der Waals surface area (Å²) >= 11 is 0. The zero-order valence-electron chi connectivity index (χ0n) is 9.81. The molecule has 98 valence electrons. The van der Waals surface area contributed by atoms with Crippen LogP contribution in [-0.2, 0) is 4.79 Å². The van der Waals surface area contributed by atoms with Crippen LogP contribution in [0.4, 0.5) is 5.69 Å². The van der Waals surface area contributed by atoms with Gasteiger partial charge < -0.3 is 5.11 Å². The number of nitrogens with one attached hydrogen (secondary N) is 1. The number of Topliss-reactive ketones (excluding diaryl/α,β-unsaturated/α-hetero) is 1. The first-order chi connectivity index (χ1) is 9.01. The Balaban J connectivity index is 2.15. The molecular formula is C12H11N3O4. The van der Waals surface area contributed by atoms with Crippen LogP contribution in [0.15, 0.2) is 47.6 Å². The average molecular weight is 261 g/mol. The van der Waals surface area contributed by atoms with Crippen LogP contribution in [0.25, 0.3) is 0 Å². The zero-order chi connectivity index (χ0) is 13.9. The summed E-state index contributed by atoms with van der Waals surface area (Å²) in [4.78, 5) is 21.4. The third-order valence-corrected chi connectivity index (χ3v) is 2.61. The number of para-hydroxylation sites is 1. The lowest BCUT2D eigenvalue weighted by Crippen LogP contribution is -2.42. The molecule has 0 bridgehead atoms. The summed E-state index contributed by atoms with van der Waals surface area (Å²) in [6, 6.07) is 8.95. The highest BCUT2D eigenvalue weighted by Gasteiger charge is 2.43. The van der Waals surface area contributed by atoms with E-state index in [0.29, 0.717) is 5.69 Å². The highest BCUT2D eigenvalue weighted by atomic mass is 16.7. The lowest BCUT2D eigenvalue weighted by Gasteiger charge is -2.18. The van der Waals surface area contributed by atoms with Crippen LogP contribution in [0.1, 0.15) is 6.42 Å². The zero-order valence-corrected chi connectivity index (χ0v) is 9.81. The number of nitro groups is 1. The molecule has 19 heavy (non-hydrogen) atoms. The lowest BCUT2D eigenvalue weighted by atomic mass is 9.97. The Morgan fingerprint density at radius 1 is 1.37 bits per heavy atom. The van der Waals surface area contributed by atoms with Crippen molar-refractivity contribution >= 4 is 17.2 Å². The second kappa shape index (κ2) is 4.99. The molecule has 1 unspecified atom stereocenters. The van der Waals surface area contributed by atoms with Gasteiger partial charge in [0.1, 0.15) is 12.1 Å². The number of allylic oxidation sites excluding steroid dienone is 1. The van der Waals surface area contributed by atoms with Crippen LogP contribution in [0.2, 0.25) is 0 Å². The number of carbonyl (C=O) groups is 1. The van der Waals surface area contributed by atoms with Crippen molar-refractivity contribution in [3.63, 3.8) is 0 Å². The minimum absolute atomic E-state index is 0.0374. The molecule has 2 N–H and O–H groups in total. The second-order valence-corrected chi connectivity index (χ2v) is 4.04. The van der Waals surface area contributed by atoms with Gasteiger partial charge in [-0.15, -0.1) is 0 Å². The Hall–Kier alpha value is -2.54. The molecule has 0 saturated carbocycles. The monoisotopic (exact) mass is 261 g/mol. The van der Waals surface area contributed by atoms with Gasteiger partial charge >= 0.3 is 5.72 Å². The number of aliphatic hydroxyl groups is 1. The van der Waals surface area contributed by atoms with Crippen molar-refractivity contribution < 1.29 is 14.8 Å². The molecule has 0 saturated heterocycles. The first-order valence-corrected chi connectivity index (χ1v) is 5.49. The van der Waals surface area contributed by atoms with E-state index in [1.165, 1.54) is 0 Å². The summed E-state index contributed by atoms with van der Waals surface area (Å²) in [5.41, 5.74) is 1.06. The fourth-order valence-corrected chi connectivity index (χ4v) is 1.55. The first kappa shape index (κ1) is 12.9. The van der Waals surface area contributed by atoms with Crippen molar-refractivity contribution in [3.8, 4) is 0 Å². The molecular weight excluding hydrogens is 250 g/mol. The van der Waals surface area contributed by atoms with Gasteiger partial charge in [-0.3, -0.25) is 20.3 Å². The normalized spacial score (nSPS) is 24.5. The van der Waals surface area contributed by atoms with Crippen LogP contribution in [0, 0.1) is 10.1 Å². The van der Waals surface area contributed by atoms with Crippen molar-refractivity contribution in [1.82, 2.24) is 0 Å². The minimum Gasteiger partial charge on any atom is -0.327 e. The fourth-order valence-electron chi connectivity index (χ4n) is 1.55. The molecule has 1 atom stereocenters. The number of carbonyl (C=O) groups excluding carboxylic acids is 1. The smallest absolute Gasteiger partial charge is 0.327 e. The van der Waals surface area contributed by atoms with E-state index in [4.69, 9.17) is 0 Å². The van der Waals surface area contributed by atoms with Gasteiger partial charge in [0.25, 0.3) is 0 Å². The van der Waals surface area contributed by atoms with E-state index in [-0.39, 0.29) is 5.71 Å². The number of hydrogen-bond acceptors (Lipinski definition) is 6. The van der Waals surface area contributed by atoms with E-state index in [1.807, 2.05) is 6.07 Å². The maximum absolute atomic E-state index is 11.6. The number of anilines is 1. The van der Waals surface area contributed by atoms with Gasteiger partial charge in [0.15, 0.2) is 5.78 Å². The largest absolute Gasteiger partial charge is 0.349 e. The van der Waals surface area contributed by atoms with Gasteiger partial charge in [-0.05, 0) is 18.2 Å². The maximum Gasteiger partial charge on any atom is 0.349 e. The quantitative estimate of drug-likeness (QED) is 0.478. The van der Waals surface area contributed by atoms with Crippen LogP contribution in [0.5, 0.6) is 0 Å². The molecule has 0 amide bonds. The van der Waals surface area contributed by atoms with E-state index < -0.39 is 22.9 Å².